The van der Waals surface area contributed by atoms with Crippen molar-refractivity contribution in [2.24, 2.45) is 5.92 Å². The molecular formula is C15H25N. The van der Waals surface area contributed by atoms with Crippen LogP contribution >= 0.6 is 0 Å². The summed E-state index contributed by atoms with van der Waals surface area (Å²) in [5, 5.41) is 3.46. The van der Waals surface area contributed by atoms with Crippen LogP contribution in [0.3, 0.4) is 0 Å². The minimum atomic E-state index is 0.588. The van der Waals surface area contributed by atoms with Gasteiger partial charge in [-0.1, -0.05) is 38.5 Å². The largest absolute Gasteiger partial charge is 0.316 e. The maximum absolute atomic E-state index is 3.46. The van der Waals surface area contributed by atoms with Gasteiger partial charge in [-0.05, 0) is 49.9 Å². The van der Waals surface area contributed by atoms with E-state index in [2.05, 4.69) is 58.3 Å². The van der Waals surface area contributed by atoms with Crippen molar-refractivity contribution in [3.63, 3.8) is 0 Å². The summed E-state index contributed by atoms with van der Waals surface area (Å²) in [7, 11) is 2.07. The van der Waals surface area contributed by atoms with Gasteiger partial charge < -0.3 is 5.32 Å². The monoisotopic (exact) mass is 219 g/mol. The Balaban J connectivity index is 2.85. The molecule has 0 radical (unpaired) electrons. The highest BCUT2D eigenvalue weighted by molar-refractivity contribution is 5.34. The Bertz CT molecular complexity index is 310. The van der Waals surface area contributed by atoms with Crippen molar-refractivity contribution in [1.29, 1.82) is 0 Å². The molecule has 1 N–H and O–H groups in total. The highest BCUT2D eigenvalue weighted by Gasteiger charge is 2.16. The van der Waals surface area contributed by atoms with E-state index in [1.165, 1.54) is 23.1 Å². The lowest BCUT2D eigenvalue weighted by molar-refractivity contribution is 0.385. The summed E-state index contributed by atoms with van der Waals surface area (Å²) >= 11 is 0. The minimum absolute atomic E-state index is 0.588. The predicted molar refractivity (Wildman–Crippen MR) is 71.9 cm³/mol. The zero-order valence-electron chi connectivity index (χ0n) is 11.3. The van der Waals surface area contributed by atoms with Gasteiger partial charge in [-0.25, -0.2) is 0 Å². The van der Waals surface area contributed by atoms with Crippen molar-refractivity contribution in [3.05, 3.63) is 34.9 Å². The fourth-order valence-corrected chi connectivity index (χ4v) is 2.26. The molecule has 90 valence electrons. The molecule has 0 aliphatic rings. The van der Waals surface area contributed by atoms with E-state index in [4.69, 9.17) is 0 Å². The van der Waals surface area contributed by atoms with Crippen molar-refractivity contribution in [1.82, 2.24) is 5.32 Å². The molecule has 1 aromatic rings. The van der Waals surface area contributed by atoms with Crippen LogP contribution in [0.15, 0.2) is 18.2 Å². The number of rotatable bonds is 5. The van der Waals surface area contributed by atoms with Crippen molar-refractivity contribution in [3.8, 4) is 0 Å². The van der Waals surface area contributed by atoms with Crippen molar-refractivity contribution < 1.29 is 0 Å². The van der Waals surface area contributed by atoms with Gasteiger partial charge in [0.25, 0.3) is 0 Å². The summed E-state index contributed by atoms with van der Waals surface area (Å²) in [5.74, 6) is 0.726. The second kappa shape index (κ2) is 6.05. The molecule has 16 heavy (non-hydrogen) atoms. The Morgan fingerprint density at radius 3 is 2.19 bits per heavy atom. The summed E-state index contributed by atoms with van der Waals surface area (Å²) in [4.78, 5) is 0. The standard InChI is InChI=1S/C15H25N/c1-6-11(2)15(16-5)10-14-12(3)8-7-9-13(14)4/h7-9,11,15-16H,6,10H2,1-5H3. The Kier molecular flexibility index (Phi) is 5.01. The Hall–Kier alpha value is -0.820. The summed E-state index contributed by atoms with van der Waals surface area (Å²) in [6.07, 6.45) is 2.38. The van der Waals surface area contributed by atoms with Crippen LogP contribution in [0.1, 0.15) is 37.0 Å². The van der Waals surface area contributed by atoms with E-state index in [9.17, 15) is 0 Å². The first kappa shape index (κ1) is 13.2. The third kappa shape index (κ3) is 3.08. The van der Waals surface area contributed by atoms with Crippen LogP contribution in [-0.2, 0) is 6.42 Å². The van der Waals surface area contributed by atoms with Crippen LogP contribution in [0, 0.1) is 19.8 Å². The first-order valence-electron chi connectivity index (χ1n) is 6.32. The van der Waals surface area contributed by atoms with Crippen molar-refractivity contribution in [2.45, 2.75) is 46.6 Å². The van der Waals surface area contributed by atoms with Gasteiger partial charge in [-0.15, -0.1) is 0 Å². The minimum Gasteiger partial charge on any atom is -0.316 e. The average molecular weight is 219 g/mol. The van der Waals surface area contributed by atoms with Crippen LogP contribution in [0.25, 0.3) is 0 Å². The van der Waals surface area contributed by atoms with Gasteiger partial charge in [0.2, 0.25) is 0 Å². The molecule has 1 heteroatoms. The third-order valence-corrected chi connectivity index (χ3v) is 3.77. The van der Waals surface area contributed by atoms with Gasteiger partial charge in [-0.3, -0.25) is 0 Å². The van der Waals surface area contributed by atoms with Gasteiger partial charge in [0.15, 0.2) is 0 Å². The molecule has 1 rings (SSSR count). The number of likely N-dealkylation sites (N-methyl/N-ethyl adjacent to an activating group) is 1. The summed E-state index contributed by atoms with van der Waals surface area (Å²) in [5.41, 5.74) is 4.36. The van der Waals surface area contributed by atoms with E-state index >= 15 is 0 Å². The topological polar surface area (TPSA) is 12.0 Å². The average Bonchev–Trinajstić information content (AvgIpc) is 2.28. The van der Waals surface area contributed by atoms with Crippen molar-refractivity contribution in [2.75, 3.05) is 7.05 Å². The van der Waals surface area contributed by atoms with Gasteiger partial charge in [0, 0.05) is 6.04 Å². The second-order valence-corrected chi connectivity index (χ2v) is 4.86. The molecule has 1 aromatic carbocycles. The number of hydrogen-bond donors (Lipinski definition) is 1. The number of hydrogen-bond acceptors (Lipinski definition) is 1. The number of benzene rings is 1. The molecule has 0 aliphatic heterocycles. The number of aryl methyl sites for hydroxylation is 2. The van der Waals surface area contributed by atoms with E-state index in [-0.39, 0.29) is 0 Å². The highest BCUT2D eigenvalue weighted by Crippen LogP contribution is 2.19. The fourth-order valence-electron chi connectivity index (χ4n) is 2.26. The molecule has 0 bridgehead atoms. The summed E-state index contributed by atoms with van der Waals surface area (Å²) < 4.78 is 0. The first-order valence-corrected chi connectivity index (χ1v) is 6.32. The zero-order chi connectivity index (χ0) is 12.1. The lowest BCUT2D eigenvalue weighted by Crippen LogP contribution is -2.34. The lowest BCUT2D eigenvalue weighted by atomic mass is 9.89. The maximum atomic E-state index is 3.46. The molecule has 1 nitrogen and oxygen atoms in total. The molecule has 2 unspecified atom stereocenters. The molecule has 0 saturated carbocycles. The van der Waals surface area contributed by atoms with Crippen LogP contribution < -0.4 is 5.32 Å². The van der Waals surface area contributed by atoms with Gasteiger partial charge in [0.1, 0.15) is 0 Å². The maximum Gasteiger partial charge on any atom is 0.0130 e. The highest BCUT2D eigenvalue weighted by atomic mass is 14.9. The summed E-state index contributed by atoms with van der Waals surface area (Å²) in [6, 6.07) is 7.16. The second-order valence-electron chi connectivity index (χ2n) is 4.86. The van der Waals surface area contributed by atoms with E-state index < -0.39 is 0 Å². The molecule has 0 aliphatic carbocycles. The van der Waals surface area contributed by atoms with Crippen LogP contribution in [-0.4, -0.2) is 13.1 Å². The molecule has 0 saturated heterocycles. The van der Waals surface area contributed by atoms with Gasteiger partial charge in [-0.2, -0.15) is 0 Å². The Morgan fingerprint density at radius 2 is 1.75 bits per heavy atom. The smallest absolute Gasteiger partial charge is 0.0130 e. The van der Waals surface area contributed by atoms with Crippen LogP contribution in [0.5, 0.6) is 0 Å². The molecule has 0 heterocycles. The summed E-state index contributed by atoms with van der Waals surface area (Å²) in [6.45, 7) is 9.02. The van der Waals surface area contributed by atoms with E-state index in [0.717, 1.165) is 12.3 Å². The van der Waals surface area contributed by atoms with E-state index in [1.54, 1.807) is 0 Å². The number of nitrogens with one attached hydrogen (secondary N) is 1. The lowest BCUT2D eigenvalue weighted by Gasteiger charge is -2.24. The molecule has 2 atom stereocenters. The first-order chi connectivity index (χ1) is 7.60. The quantitative estimate of drug-likeness (QED) is 0.799. The zero-order valence-corrected chi connectivity index (χ0v) is 11.3. The van der Waals surface area contributed by atoms with E-state index in [1.807, 2.05) is 0 Å². The van der Waals surface area contributed by atoms with Crippen molar-refractivity contribution >= 4 is 0 Å². The molecule has 0 spiro atoms. The SMILES string of the molecule is CCC(C)C(Cc1c(C)cccc1C)NC. The molecule has 0 fully saturated rings. The van der Waals surface area contributed by atoms with Crippen LogP contribution in [0.2, 0.25) is 0 Å². The third-order valence-electron chi connectivity index (χ3n) is 3.77. The van der Waals surface area contributed by atoms with E-state index in [0.29, 0.717) is 6.04 Å². The van der Waals surface area contributed by atoms with Gasteiger partial charge >= 0.3 is 0 Å². The molecule has 0 amide bonds. The Morgan fingerprint density at radius 1 is 1.19 bits per heavy atom. The van der Waals surface area contributed by atoms with Gasteiger partial charge in [0.05, 0.1) is 0 Å². The fraction of sp³-hybridized carbons (Fsp3) is 0.600. The van der Waals surface area contributed by atoms with Crippen LogP contribution in [0.4, 0.5) is 0 Å². The predicted octanol–water partition coefficient (Wildman–Crippen LogP) is 3.48. The normalized spacial score (nSPS) is 14.8. The Labute approximate surface area is 100 Å². The molecule has 0 aromatic heterocycles. The molecular weight excluding hydrogens is 194 g/mol.